The highest BCUT2D eigenvalue weighted by Crippen LogP contribution is 2.21. The van der Waals surface area contributed by atoms with Gasteiger partial charge in [-0.15, -0.1) is 0 Å². The number of hydrogen-bond acceptors (Lipinski definition) is 5. The van der Waals surface area contributed by atoms with Crippen LogP contribution in [0.15, 0.2) is 0 Å². The number of amides is 1. The van der Waals surface area contributed by atoms with Crippen molar-refractivity contribution >= 4 is 27.7 Å². The van der Waals surface area contributed by atoms with Crippen molar-refractivity contribution in [2.45, 2.75) is 38.3 Å². The van der Waals surface area contributed by atoms with E-state index in [9.17, 15) is 18.3 Å². The Labute approximate surface area is 125 Å². The molecule has 20 heavy (non-hydrogen) atoms. The van der Waals surface area contributed by atoms with Crippen LogP contribution in [0.5, 0.6) is 0 Å². The lowest BCUT2D eigenvalue weighted by atomic mass is 10.1. The van der Waals surface area contributed by atoms with Crippen LogP contribution in [-0.4, -0.2) is 66.8 Å². The molecule has 0 aromatic rings. The molecule has 2 unspecified atom stereocenters. The molecule has 118 valence electrons. The summed E-state index contributed by atoms with van der Waals surface area (Å²) < 4.78 is 25.8. The second-order valence-electron chi connectivity index (χ2n) is 5.36. The summed E-state index contributed by atoms with van der Waals surface area (Å²) in [5.74, 6) is 0.412. The zero-order valence-corrected chi connectivity index (χ0v) is 13.9. The van der Waals surface area contributed by atoms with Crippen LogP contribution in [0.4, 0.5) is 0 Å². The third-order valence-corrected chi connectivity index (χ3v) is 5.42. The summed E-state index contributed by atoms with van der Waals surface area (Å²) in [6, 6.07) is -0.735. The van der Waals surface area contributed by atoms with Gasteiger partial charge in [-0.1, -0.05) is 0 Å². The molecule has 1 aliphatic heterocycles. The van der Waals surface area contributed by atoms with Gasteiger partial charge in [0.2, 0.25) is 15.9 Å². The summed E-state index contributed by atoms with van der Waals surface area (Å²) in [6.07, 6.45) is 2.89. The summed E-state index contributed by atoms with van der Waals surface area (Å²) in [4.78, 5) is 14.0. The van der Waals surface area contributed by atoms with E-state index in [2.05, 4.69) is 4.72 Å². The van der Waals surface area contributed by atoms with Crippen molar-refractivity contribution in [3.63, 3.8) is 0 Å². The average molecular weight is 324 g/mol. The van der Waals surface area contributed by atoms with E-state index in [0.717, 1.165) is 0 Å². The molecular formula is C12H24N2O4S2. The first-order valence-electron chi connectivity index (χ1n) is 6.71. The number of nitrogens with one attached hydrogen (secondary N) is 1. The Morgan fingerprint density at radius 3 is 2.65 bits per heavy atom. The van der Waals surface area contributed by atoms with Crippen LogP contribution in [0.2, 0.25) is 0 Å². The van der Waals surface area contributed by atoms with Crippen molar-refractivity contribution in [1.29, 1.82) is 0 Å². The van der Waals surface area contributed by atoms with Gasteiger partial charge in [0.05, 0.1) is 11.4 Å². The molecule has 0 aromatic carbocycles. The number of rotatable bonds is 7. The van der Waals surface area contributed by atoms with Gasteiger partial charge in [0, 0.05) is 13.1 Å². The Morgan fingerprint density at radius 1 is 1.55 bits per heavy atom. The molecule has 2 atom stereocenters. The molecular weight excluding hydrogens is 300 g/mol. The molecule has 8 heteroatoms. The van der Waals surface area contributed by atoms with Crippen molar-refractivity contribution in [3.8, 4) is 0 Å². The van der Waals surface area contributed by atoms with Gasteiger partial charge in [-0.05, 0) is 38.7 Å². The predicted octanol–water partition coefficient (Wildman–Crippen LogP) is 0.0307. The Morgan fingerprint density at radius 2 is 2.20 bits per heavy atom. The summed E-state index contributed by atoms with van der Waals surface area (Å²) in [6.45, 7) is 3.96. The number of likely N-dealkylation sites (tertiary alicyclic amines) is 1. The highest BCUT2D eigenvalue weighted by Gasteiger charge is 2.37. The number of aliphatic hydroxyl groups is 1. The van der Waals surface area contributed by atoms with Gasteiger partial charge >= 0.3 is 0 Å². The van der Waals surface area contributed by atoms with E-state index in [0.29, 0.717) is 25.1 Å². The van der Waals surface area contributed by atoms with Gasteiger partial charge in [0.25, 0.3) is 0 Å². The molecule has 2 N–H and O–H groups in total. The normalized spacial score (nSPS) is 24.9. The van der Waals surface area contributed by atoms with E-state index in [1.165, 1.54) is 0 Å². The smallest absolute Gasteiger partial charge is 0.240 e. The summed E-state index contributed by atoms with van der Waals surface area (Å²) in [5, 5.41) is 9.91. The second-order valence-corrected chi connectivity index (χ2v) is 8.39. The first-order chi connectivity index (χ1) is 9.21. The number of sulfonamides is 1. The van der Waals surface area contributed by atoms with Crippen LogP contribution in [0.1, 0.15) is 26.7 Å². The minimum Gasteiger partial charge on any atom is -0.388 e. The van der Waals surface area contributed by atoms with Crippen LogP contribution in [0, 0.1) is 0 Å². The first kappa shape index (κ1) is 17.7. The van der Waals surface area contributed by atoms with Gasteiger partial charge < -0.3 is 10.0 Å². The van der Waals surface area contributed by atoms with E-state index < -0.39 is 21.7 Å². The fourth-order valence-electron chi connectivity index (χ4n) is 2.12. The molecule has 0 aromatic heterocycles. The molecule has 0 saturated carbocycles. The maximum Gasteiger partial charge on any atom is 0.240 e. The average Bonchev–Trinajstić information content (AvgIpc) is 2.74. The highest BCUT2D eigenvalue weighted by atomic mass is 32.2. The monoisotopic (exact) mass is 324 g/mol. The summed E-state index contributed by atoms with van der Waals surface area (Å²) in [7, 11) is -3.42. The quantitative estimate of drug-likeness (QED) is 0.690. The zero-order chi connectivity index (χ0) is 15.4. The van der Waals surface area contributed by atoms with E-state index in [4.69, 9.17) is 0 Å². The number of β-amino-alcohol motifs (C(OH)–C–C–N with tert-alkyl or cyclic N) is 1. The van der Waals surface area contributed by atoms with Crippen molar-refractivity contribution in [1.82, 2.24) is 9.62 Å². The topological polar surface area (TPSA) is 86.7 Å². The largest absolute Gasteiger partial charge is 0.388 e. The van der Waals surface area contributed by atoms with Crippen LogP contribution in [-0.2, 0) is 14.8 Å². The third-order valence-electron chi connectivity index (χ3n) is 3.37. The van der Waals surface area contributed by atoms with Crippen molar-refractivity contribution in [2.24, 2.45) is 0 Å². The van der Waals surface area contributed by atoms with Crippen molar-refractivity contribution in [3.05, 3.63) is 0 Å². The molecule has 1 heterocycles. The highest BCUT2D eigenvalue weighted by molar-refractivity contribution is 7.98. The maximum absolute atomic E-state index is 12.4. The summed E-state index contributed by atoms with van der Waals surface area (Å²) in [5.41, 5.74) is -0.872. The van der Waals surface area contributed by atoms with Crippen LogP contribution < -0.4 is 4.72 Å². The number of carbonyl (C=O) groups is 1. The van der Waals surface area contributed by atoms with Gasteiger partial charge in [0.1, 0.15) is 6.04 Å². The number of nitrogens with zero attached hydrogens (tertiary/aromatic N) is 1. The molecule has 1 fully saturated rings. The van der Waals surface area contributed by atoms with Gasteiger partial charge in [-0.3, -0.25) is 4.79 Å². The fraction of sp³-hybridized carbons (Fsp3) is 0.917. The minimum atomic E-state index is -3.42. The lowest BCUT2D eigenvalue weighted by Gasteiger charge is -2.25. The van der Waals surface area contributed by atoms with Crippen molar-refractivity contribution in [2.75, 3.05) is 30.9 Å². The molecule has 0 bridgehead atoms. The van der Waals surface area contributed by atoms with Gasteiger partial charge in [-0.25, -0.2) is 13.1 Å². The lowest BCUT2D eigenvalue weighted by Crippen LogP contribution is -2.49. The molecule has 1 amide bonds. The van der Waals surface area contributed by atoms with E-state index in [-0.39, 0.29) is 18.2 Å². The Hall–Kier alpha value is -0.310. The summed E-state index contributed by atoms with van der Waals surface area (Å²) >= 11 is 1.57. The van der Waals surface area contributed by atoms with Crippen LogP contribution in [0.25, 0.3) is 0 Å². The van der Waals surface area contributed by atoms with Crippen molar-refractivity contribution < 1.29 is 18.3 Å². The number of hydrogen-bond donors (Lipinski definition) is 2. The number of thioether (sulfide) groups is 1. The van der Waals surface area contributed by atoms with Crippen LogP contribution >= 0.6 is 11.8 Å². The fourth-order valence-corrected chi connectivity index (χ4v) is 3.41. The molecule has 1 rings (SSSR count). The van der Waals surface area contributed by atoms with E-state index in [1.807, 2.05) is 6.26 Å². The van der Waals surface area contributed by atoms with Gasteiger partial charge in [0.15, 0.2) is 0 Å². The Balaban J connectivity index is 2.75. The van der Waals surface area contributed by atoms with Gasteiger partial charge in [-0.2, -0.15) is 11.8 Å². The number of carbonyl (C=O) groups excluding carboxylic acids is 1. The molecule has 0 radical (unpaired) electrons. The van der Waals surface area contributed by atoms with Crippen LogP contribution in [0.3, 0.4) is 0 Å². The predicted molar refractivity (Wildman–Crippen MR) is 81.2 cm³/mol. The molecule has 1 aliphatic rings. The standard InChI is InChI=1S/C12H24N2O4S2/c1-4-20(17,18)13-10(5-8-19-3)11(15)14-7-6-12(2,16)9-14/h10,13,16H,4-9H2,1-3H3. The minimum absolute atomic E-state index is 0.0479. The Kier molecular flexibility index (Phi) is 6.30. The van der Waals surface area contributed by atoms with E-state index in [1.54, 1.807) is 30.5 Å². The maximum atomic E-state index is 12.4. The molecule has 6 nitrogen and oxygen atoms in total. The van der Waals surface area contributed by atoms with E-state index >= 15 is 0 Å². The molecule has 0 spiro atoms. The zero-order valence-electron chi connectivity index (χ0n) is 12.3. The lowest BCUT2D eigenvalue weighted by molar-refractivity contribution is -0.132. The second kappa shape index (κ2) is 7.11. The third kappa shape index (κ3) is 5.23. The first-order valence-corrected chi connectivity index (χ1v) is 9.75. The Bertz CT molecular complexity index is 437. The molecule has 0 aliphatic carbocycles. The SMILES string of the molecule is CCS(=O)(=O)NC(CCSC)C(=O)N1CCC(C)(O)C1. The molecule has 1 saturated heterocycles.